The average molecular weight is 249 g/mol. The third-order valence-electron chi connectivity index (χ3n) is 1.57. The molecule has 0 aliphatic carbocycles. The second kappa shape index (κ2) is 6.01. The summed E-state index contributed by atoms with van der Waals surface area (Å²) in [6, 6.07) is 0. The Morgan fingerprint density at radius 3 is 2.93 bits per heavy atom. The zero-order valence-corrected chi connectivity index (χ0v) is 9.74. The smallest absolute Gasteiger partial charge is 0.306 e. The van der Waals surface area contributed by atoms with Crippen molar-refractivity contribution < 1.29 is 14.3 Å². The van der Waals surface area contributed by atoms with Crippen LogP contribution in [0.5, 0.6) is 0 Å². The van der Waals surface area contributed by atoms with Gasteiger partial charge in [0.05, 0.1) is 24.3 Å². The number of rotatable bonds is 4. The van der Waals surface area contributed by atoms with E-state index in [1.165, 1.54) is 23.6 Å². The Labute approximate surface area is 96.8 Å². The maximum atomic E-state index is 11.3. The Balaban J connectivity index is 2.18. The highest BCUT2D eigenvalue weighted by atomic mass is 32.2. The maximum Gasteiger partial charge on any atom is 0.306 e. The minimum Gasteiger partial charge on any atom is -0.469 e. The Bertz CT molecular complexity index is 285. The van der Waals surface area contributed by atoms with Crippen LogP contribution in [0.3, 0.4) is 0 Å². The monoisotopic (exact) mass is 249 g/mol. The first-order valence-corrected chi connectivity index (χ1v) is 5.40. The molecule has 0 spiro atoms. The minimum atomic E-state index is -0.400. The van der Waals surface area contributed by atoms with E-state index in [0.717, 1.165) is 4.20 Å². The molecular formula is C7H11N3O3S2. The first-order chi connectivity index (χ1) is 7.11. The van der Waals surface area contributed by atoms with Crippen molar-refractivity contribution in [3.8, 4) is 0 Å². The molecule has 1 saturated heterocycles. The topological polar surface area (TPSA) is 70.7 Å². The van der Waals surface area contributed by atoms with E-state index in [9.17, 15) is 9.59 Å². The summed E-state index contributed by atoms with van der Waals surface area (Å²) >= 11 is 6.15. The predicted octanol–water partition coefficient (Wildman–Crippen LogP) is -0.233. The molecule has 1 rings (SSSR count). The summed E-state index contributed by atoms with van der Waals surface area (Å²) in [5, 5.41) is 0. The summed E-state index contributed by atoms with van der Waals surface area (Å²) in [5.74, 6) is -0.659. The van der Waals surface area contributed by atoms with Gasteiger partial charge in [-0.05, 0) is 0 Å². The molecule has 1 aliphatic rings. The quantitative estimate of drug-likeness (QED) is 0.405. The predicted molar refractivity (Wildman–Crippen MR) is 59.4 cm³/mol. The van der Waals surface area contributed by atoms with Gasteiger partial charge >= 0.3 is 5.97 Å². The zero-order valence-electron chi connectivity index (χ0n) is 8.11. The van der Waals surface area contributed by atoms with Crippen LogP contribution in [0.4, 0.5) is 0 Å². The lowest BCUT2D eigenvalue weighted by Gasteiger charge is -2.13. The lowest BCUT2D eigenvalue weighted by atomic mass is 10.3. The zero-order chi connectivity index (χ0) is 11.3. The normalized spacial score (nSPS) is 16.5. The molecule has 0 atom stereocenters. The summed E-state index contributed by atoms with van der Waals surface area (Å²) < 4.78 is 6.60. The molecule has 1 aliphatic heterocycles. The highest BCUT2D eigenvalue weighted by molar-refractivity contribution is 8.21. The SMILES string of the molecule is COC(=O)CCC(=O)NN1NCC(=S)S1. The van der Waals surface area contributed by atoms with Gasteiger partial charge in [-0.1, -0.05) is 16.7 Å². The highest BCUT2D eigenvalue weighted by Crippen LogP contribution is 2.12. The molecule has 1 amide bonds. The number of ether oxygens (including phenoxy) is 1. The van der Waals surface area contributed by atoms with Gasteiger partial charge in [-0.2, -0.15) is 0 Å². The number of nitrogens with one attached hydrogen (secondary N) is 2. The molecule has 15 heavy (non-hydrogen) atoms. The van der Waals surface area contributed by atoms with E-state index in [1.54, 1.807) is 0 Å². The molecule has 0 aromatic carbocycles. The number of esters is 1. The van der Waals surface area contributed by atoms with Crippen molar-refractivity contribution >= 4 is 40.2 Å². The highest BCUT2D eigenvalue weighted by Gasteiger charge is 2.19. The molecule has 1 fully saturated rings. The van der Waals surface area contributed by atoms with E-state index in [4.69, 9.17) is 12.2 Å². The van der Waals surface area contributed by atoms with Crippen molar-refractivity contribution in [3.63, 3.8) is 0 Å². The summed E-state index contributed by atoms with van der Waals surface area (Å²) in [4.78, 5) is 22.0. The standard InChI is InChI=1S/C7H11N3O3S2/c1-13-6(12)3-2-5(11)9-10-8-4-7(14)15-10/h8H,2-4H2,1H3,(H,9,11). The van der Waals surface area contributed by atoms with Crippen LogP contribution in [0, 0.1) is 0 Å². The second-order valence-electron chi connectivity index (χ2n) is 2.70. The van der Waals surface area contributed by atoms with Gasteiger partial charge in [0, 0.05) is 18.4 Å². The van der Waals surface area contributed by atoms with E-state index in [0.29, 0.717) is 6.54 Å². The van der Waals surface area contributed by atoms with Crippen LogP contribution in [0.2, 0.25) is 0 Å². The van der Waals surface area contributed by atoms with E-state index in [2.05, 4.69) is 15.6 Å². The average Bonchev–Trinajstić information content (AvgIpc) is 2.60. The molecule has 2 N–H and O–H groups in total. The third-order valence-corrected chi connectivity index (χ3v) is 2.69. The fourth-order valence-electron chi connectivity index (χ4n) is 0.852. The summed E-state index contributed by atoms with van der Waals surface area (Å²) in [5.41, 5.74) is 5.39. The van der Waals surface area contributed by atoms with Crippen molar-refractivity contribution in [1.82, 2.24) is 15.4 Å². The van der Waals surface area contributed by atoms with Gasteiger partial charge in [0.15, 0.2) is 0 Å². The summed E-state index contributed by atoms with van der Waals surface area (Å²) in [7, 11) is 1.29. The first-order valence-electron chi connectivity index (χ1n) is 4.22. The molecule has 6 nitrogen and oxygen atoms in total. The van der Waals surface area contributed by atoms with Gasteiger partial charge in [0.25, 0.3) is 0 Å². The number of carbonyl (C=O) groups is 2. The Kier molecular flexibility index (Phi) is 4.95. The molecule has 0 unspecified atom stereocenters. The minimum absolute atomic E-state index is 0.0747. The molecule has 0 radical (unpaired) electrons. The van der Waals surface area contributed by atoms with Gasteiger partial charge in [-0.25, -0.2) is 5.43 Å². The van der Waals surface area contributed by atoms with Gasteiger partial charge in [-0.3, -0.25) is 15.0 Å². The van der Waals surface area contributed by atoms with Crippen molar-refractivity contribution in [1.29, 1.82) is 0 Å². The Hall–Kier alpha value is -0.700. The number of amides is 1. The van der Waals surface area contributed by atoms with Crippen LogP contribution in [0.15, 0.2) is 0 Å². The molecule has 1 heterocycles. The van der Waals surface area contributed by atoms with E-state index in [-0.39, 0.29) is 18.7 Å². The van der Waals surface area contributed by atoms with Gasteiger partial charge in [0.2, 0.25) is 5.91 Å². The van der Waals surface area contributed by atoms with Crippen molar-refractivity contribution in [2.75, 3.05) is 13.7 Å². The van der Waals surface area contributed by atoms with E-state index >= 15 is 0 Å². The number of hydrogen-bond acceptors (Lipinski definition) is 7. The fourth-order valence-corrected chi connectivity index (χ4v) is 1.75. The molecular weight excluding hydrogens is 238 g/mol. The first kappa shape index (κ1) is 12.4. The number of thiocarbonyl (C=S) groups is 1. The molecule has 8 heteroatoms. The van der Waals surface area contributed by atoms with Crippen LogP contribution in [0.1, 0.15) is 12.8 Å². The third kappa shape index (κ3) is 4.56. The van der Waals surface area contributed by atoms with Crippen molar-refractivity contribution in [2.45, 2.75) is 12.8 Å². The van der Waals surface area contributed by atoms with Crippen LogP contribution in [-0.2, 0) is 14.3 Å². The van der Waals surface area contributed by atoms with Crippen LogP contribution >= 0.6 is 24.2 Å². The molecule has 0 saturated carbocycles. The van der Waals surface area contributed by atoms with Gasteiger partial charge in [0.1, 0.15) is 0 Å². The number of nitrogens with zero attached hydrogens (tertiary/aromatic N) is 1. The van der Waals surface area contributed by atoms with Crippen LogP contribution in [0.25, 0.3) is 0 Å². The number of carbonyl (C=O) groups excluding carboxylic acids is 2. The molecule has 84 valence electrons. The van der Waals surface area contributed by atoms with E-state index < -0.39 is 5.97 Å². The Morgan fingerprint density at radius 1 is 1.67 bits per heavy atom. The second-order valence-corrected chi connectivity index (χ2v) is 4.50. The summed E-state index contributed by atoms with van der Waals surface area (Å²) in [6.45, 7) is 0.553. The lowest BCUT2D eigenvalue weighted by Crippen LogP contribution is -2.42. The van der Waals surface area contributed by atoms with Crippen LogP contribution in [-0.4, -0.2) is 34.3 Å². The molecule has 0 aromatic rings. The molecule has 0 aromatic heterocycles. The van der Waals surface area contributed by atoms with Gasteiger partial charge < -0.3 is 4.74 Å². The largest absolute Gasteiger partial charge is 0.469 e. The maximum absolute atomic E-state index is 11.3. The van der Waals surface area contributed by atoms with Crippen LogP contribution < -0.4 is 10.9 Å². The van der Waals surface area contributed by atoms with Gasteiger partial charge in [-0.15, -0.1) is 0 Å². The van der Waals surface area contributed by atoms with Crippen molar-refractivity contribution in [2.24, 2.45) is 0 Å². The number of hydrazine groups is 2. The Morgan fingerprint density at radius 2 is 2.40 bits per heavy atom. The number of hydrogen-bond donors (Lipinski definition) is 2. The number of methoxy groups -OCH3 is 1. The summed E-state index contributed by atoms with van der Waals surface area (Å²) in [6.07, 6.45) is 0.170. The fraction of sp³-hybridized carbons (Fsp3) is 0.571. The molecule has 0 bridgehead atoms. The van der Waals surface area contributed by atoms with Crippen molar-refractivity contribution in [3.05, 3.63) is 0 Å². The lowest BCUT2D eigenvalue weighted by molar-refractivity contribution is -0.142. The van der Waals surface area contributed by atoms with E-state index in [1.807, 2.05) is 0 Å².